The van der Waals surface area contributed by atoms with Crippen molar-refractivity contribution in [3.05, 3.63) is 35.2 Å². The van der Waals surface area contributed by atoms with Crippen molar-refractivity contribution in [2.75, 3.05) is 44.2 Å². The Kier molecular flexibility index (Phi) is 5.66. The van der Waals surface area contributed by atoms with E-state index in [4.69, 9.17) is 9.15 Å². The molecule has 0 amide bonds. The van der Waals surface area contributed by atoms with Crippen LogP contribution in [0, 0.1) is 6.92 Å². The summed E-state index contributed by atoms with van der Waals surface area (Å²) in [7, 11) is 0. The first-order valence-electron chi connectivity index (χ1n) is 7.88. The van der Waals surface area contributed by atoms with Crippen molar-refractivity contribution in [3.8, 4) is 0 Å². The molecule has 1 atom stereocenters. The fraction of sp³-hybridized carbons (Fsp3) is 0.562. The number of hydrogen-bond donors (Lipinski definition) is 1. The maximum Gasteiger partial charge on any atom is 0.185 e. The van der Waals surface area contributed by atoms with Gasteiger partial charge in [-0.2, -0.15) is 0 Å². The van der Waals surface area contributed by atoms with Crippen LogP contribution < -0.4 is 4.90 Å². The zero-order chi connectivity index (χ0) is 16.1. The number of aromatic nitrogens is 1. The molecular weight excluding hydrogens is 314 g/mol. The van der Waals surface area contributed by atoms with Gasteiger partial charge in [0.2, 0.25) is 0 Å². The molecule has 1 fully saturated rings. The fourth-order valence-electron chi connectivity index (χ4n) is 2.65. The van der Waals surface area contributed by atoms with E-state index in [0.29, 0.717) is 19.8 Å². The third kappa shape index (κ3) is 4.78. The number of aliphatic hydroxyl groups excluding tert-OH is 1. The van der Waals surface area contributed by atoms with Gasteiger partial charge in [0.1, 0.15) is 12.4 Å². The number of furan rings is 1. The minimum absolute atomic E-state index is 0.326. The Morgan fingerprint density at radius 1 is 1.39 bits per heavy atom. The van der Waals surface area contributed by atoms with Crippen molar-refractivity contribution < 1.29 is 14.3 Å². The number of rotatable bonds is 7. The van der Waals surface area contributed by atoms with E-state index in [0.717, 1.165) is 42.8 Å². The summed E-state index contributed by atoms with van der Waals surface area (Å²) >= 11 is 1.70. The largest absolute Gasteiger partial charge is 0.467 e. The van der Waals surface area contributed by atoms with Crippen molar-refractivity contribution in [1.82, 2.24) is 9.88 Å². The van der Waals surface area contributed by atoms with Crippen LogP contribution in [-0.4, -0.2) is 60.4 Å². The first-order chi connectivity index (χ1) is 11.2. The predicted octanol–water partition coefficient (Wildman–Crippen LogP) is 1.74. The second-order valence-electron chi connectivity index (χ2n) is 5.81. The van der Waals surface area contributed by atoms with E-state index in [1.54, 1.807) is 17.6 Å². The van der Waals surface area contributed by atoms with Crippen molar-refractivity contribution in [1.29, 1.82) is 0 Å². The molecule has 1 aliphatic heterocycles. The van der Waals surface area contributed by atoms with Crippen LogP contribution in [0.5, 0.6) is 0 Å². The van der Waals surface area contributed by atoms with Crippen molar-refractivity contribution >= 4 is 16.5 Å². The highest BCUT2D eigenvalue weighted by Crippen LogP contribution is 2.21. The van der Waals surface area contributed by atoms with Crippen LogP contribution >= 0.6 is 11.3 Å². The third-order valence-corrected chi connectivity index (χ3v) is 4.87. The first-order valence-corrected chi connectivity index (χ1v) is 8.76. The molecule has 1 aliphatic rings. The van der Waals surface area contributed by atoms with E-state index in [9.17, 15) is 5.11 Å². The van der Waals surface area contributed by atoms with Crippen molar-refractivity contribution in [2.24, 2.45) is 0 Å². The van der Waals surface area contributed by atoms with Gasteiger partial charge >= 0.3 is 0 Å². The average molecular weight is 337 g/mol. The molecule has 2 aromatic rings. The van der Waals surface area contributed by atoms with Crippen LogP contribution in [0.4, 0.5) is 5.13 Å². The van der Waals surface area contributed by atoms with Crippen LogP contribution in [0.25, 0.3) is 0 Å². The van der Waals surface area contributed by atoms with Gasteiger partial charge in [-0.05, 0) is 19.1 Å². The Morgan fingerprint density at radius 2 is 2.22 bits per heavy atom. The van der Waals surface area contributed by atoms with Gasteiger partial charge in [0.15, 0.2) is 5.13 Å². The van der Waals surface area contributed by atoms with Gasteiger partial charge in [0.05, 0.1) is 24.7 Å². The summed E-state index contributed by atoms with van der Waals surface area (Å²) in [5.41, 5.74) is 1.08. The summed E-state index contributed by atoms with van der Waals surface area (Å²) in [4.78, 5) is 9.12. The lowest BCUT2D eigenvalue weighted by atomic mass is 10.3. The molecule has 23 heavy (non-hydrogen) atoms. The Balaban J connectivity index is 1.35. The number of hydrogen-bond acceptors (Lipinski definition) is 7. The molecule has 0 aromatic carbocycles. The highest BCUT2D eigenvalue weighted by atomic mass is 32.1. The summed E-state index contributed by atoms with van der Waals surface area (Å²) in [6, 6.07) is 3.70. The van der Waals surface area contributed by atoms with Gasteiger partial charge < -0.3 is 19.2 Å². The van der Waals surface area contributed by atoms with E-state index in [-0.39, 0.29) is 0 Å². The van der Waals surface area contributed by atoms with Gasteiger partial charge in [-0.25, -0.2) is 4.98 Å². The minimum atomic E-state index is -0.474. The Hall–Kier alpha value is -1.41. The zero-order valence-electron chi connectivity index (χ0n) is 13.4. The number of aryl methyl sites for hydroxylation is 1. The first kappa shape index (κ1) is 16.4. The molecule has 0 saturated carbocycles. The van der Waals surface area contributed by atoms with Crippen LogP contribution in [-0.2, 0) is 11.3 Å². The molecule has 1 saturated heterocycles. The van der Waals surface area contributed by atoms with Crippen LogP contribution in [0.1, 0.15) is 11.5 Å². The number of nitrogens with zero attached hydrogens (tertiary/aromatic N) is 3. The monoisotopic (exact) mass is 337 g/mol. The number of β-amino-alcohol motifs (C(OH)–C–C–N with tert-alkyl or cyclic N) is 1. The maximum atomic E-state index is 10.1. The van der Waals surface area contributed by atoms with E-state index < -0.39 is 6.10 Å². The van der Waals surface area contributed by atoms with Gasteiger partial charge in [-0.3, -0.25) is 4.90 Å². The lowest BCUT2D eigenvalue weighted by molar-refractivity contribution is 0.00442. The van der Waals surface area contributed by atoms with E-state index in [1.165, 1.54) is 0 Å². The molecule has 1 N–H and O–H groups in total. The van der Waals surface area contributed by atoms with Crippen LogP contribution in [0.2, 0.25) is 0 Å². The van der Waals surface area contributed by atoms with Crippen LogP contribution in [0.3, 0.4) is 0 Å². The molecule has 3 heterocycles. The molecule has 0 bridgehead atoms. The van der Waals surface area contributed by atoms with E-state index in [2.05, 4.69) is 20.2 Å². The molecular formula is C16H23N3O3S. The molecule has 3 rings (SSSR count). The molecule has 7 heteroatoms. The molecule has 0 spiro atoms. The second-order valence-corrected chi connectivity index (χ2v) is 6.64. The highest BCUT2D eigenvalue weighted by Gasteiger charge is 2.21. The maximum absolute atomic E-state index is 10.1. The Bertz CT molecular complexity index is 579. The second kappa shape index (κ2) is 7.92. The summed E-state index contributed by atoms with van der Waals surface area (Å²) in [5, 5.41) is 13.3. The van der Waals surface area contributed by atoms with E-state index >= 15 is 0 Å². The normalized spacial score (nSPS) is 17.6. The third-order valence-electron chi connectivity index (χ3n) is 3.85. The number of thiazole rings is 1. The quantitative estimate of drug-likeness (QED) is 0.830. The lowest BCUT2D eigenvalue weighted by Crippen LogP contribution is -2.49. The number of aliphatic hydroxyl groups is 1. The predicted molar refractivity (Wildman–Crippen MR) is 89.9 cm³/mol. The lowest BCUT2D eigenvalue weighted by Gasteiger charge is -2.35. The molecule has 6 nitrogen and oxygen atoms in total. The number of anilines is 1. The molecule has 0 radical (unpaired) electrons. The Morgan fingerprint density at radius 3 is 2.87 bits per heavy atom. The van der Waals surface area contributed by atoms with Crippen molar-refractivity contribution in [2.45, 2.75) is 19.6 Å². The zero-order valence-corrected chi connectivity index (χ0v) is 14.2. The summed E-state index contributed by atoms with van der Waals surface area (Å²) in [6.45, 7) is 7.17. The number of piperazine rings is 1. The Labute approximate surface area is 140 Å². The van der Waals surface area contributed by atoms with Crippen molar-refractivity contribution in [3.63, 3.8) is 0 Å². The van der Waals surface area contributed by atoms with Crippen LogP contribution in [0.15, 0.2) is 28.2 Å². The number of ether oxygens (including phenoxy) is 1. The molecule has 0 aliphatic carbocycles. The summed E-state index contributed by atoms with van der Waals surface area (Å²) in [6.07, 6.45) is 1.15. The standard InChI is InChI=1S/C16H23N3O3S/c1-13-12-23-16(17-13)19-6-4-18(5-7-19)9-14(20)10-21-11-15-3-2-8-22-15/h2-3,8,12,14,20H,4-7,9-11H2,1H3/t14-/m0/s1. The SMILES string of the molecule is Cc1csc(N2CCN(C[C@H](O)COCc3ccco3)CC2)n1. The average Bonchev–Trinajstić information content (AvgIpc) is 3.20. The van der Waals surface area contributed by atoms with Gasteiger partial charge in [-0.1, -0.05) is 0 Å². The highest BCUT2D eigenvalue weighted by molar-refractivity contribution is 7.13. The summed E-state index contributed by atoms with van der Waals surface area (Å²) < 4.78 is 10.7. The smallest absolute Gasteiger partial charge is 0.185 e. The summed E-state index contributed by atoms with van der Waals surface area (Å²) in [5.74, 6) is 0.782. The topological polar surface area (TPSA) is 62.0 Å². The van der Waals surface area contributed by atoms with Gasteiger partial charge in [0, 0.05) is 38.1 Å². The molecule has 126 valence electrons. The minimum Gasteiger partial charge on any atom is -0.467 e. The molecule has 0 unspecified atom stereocenters. The fourth-order valence-corrected chi connectivity index (χ4v) is 3.51. The van der Waals surface area contributed by atoms with Gasteiger partial charge in [0.25, 0.3) is 0 Å². The van der Waals surface area contributed by atoms with E-state index in [1.807, 2.05) is 19.1 Å². The van der Waals surface area contributed by atoms with Gasteiger partial charge in [-0.15, -0.1) is 11.3 Å². The molecule has 2 aromatic heterocycles.